The lowest BCUT2D eigenvalue weighted by Crippen LogP contribution is -2.03. The third kappa shape index (κ3) is 2.13. The van der Waals surface area contributed by atoms with Gasteiger partial charge in [-0.15, -0.1) is 0 Å². The minimum atomic E-state index is -0.453. The fourth-order valence-electron chi connectivity index (χ4n) is 1.64. The topological polar surface area (TPSA) is 43.8 Å². The number of rotatable bonds is 2. The molecule has 0 fully saturated rings. The lowest BCUT2D eigenvalue weighted by Gasteiger charge is -2.07. The summed E-state index contributed by atoms with van der Waals surface area (Å²) >= 11 is 5.73. The molecule has 0 unspecified atom stereocenters. The van der Waals surface area contributed by atoms with E-state index in [-0.39, 0.29) is 5.02 Å². The van der Waals surface area contributed by atoms with Crippen LogP contribution >= 0.6 is 11.6 Å². The van der Waals surface area contributed by atoms with Crippen molar-refractivity contribution < 1.29 is 4.39 Å². The van der Waals surface area contributed by atoms with Gasteiger partial charge in [0, 0.05) is 5.56 Å². The summed E-state index contributed by atoms with van der Waals surface area (Å²) in [6, 6.07) is 4.40. The number of halogens is 2. The molecular weight excluding hydrogens is 241 g/mol. The number of nitrogen functional groups attached to an aromatic ring is 1. The molecule has 0 radical (unpaired) electrons. The molecular formula is C12H13ClFN3. The van der Waals surface area contributed by atoms with Crippen molar-refractivity contribution in [3.63, 3.8) is 0 Å². The van der Waals surface area contributed by atoms with Crippen LogP contribution in [0.2, 0.25) is 5.02 Å². The minimum Gasteiger partial charge on any atom is -0.383 e. The number of nitrogens with two attached hydrogens (primary N) is 1. The van der Waals surface area contributed by atoms with Gasteiger partial charge in [-0.05, 0) is 24.1 Å². The zero-order valence-corrected chi connectivity index (χ0v) is 10.4. The maximum atomic E-state index is 13.1. The zero-order chi connectivity index (χ0) is 12.6. The number of anilines is 1. The third-order valence-corrected chi connectivity index (χ3v) is 2.90. The van der Waals surface area contributed by atoms with E-state index in [1.54, 1.807) is 16.9 Å². The van der Waals surface area contributed by atoms with Crippen LogP contribution in [0.1, 0.15) is 25.3 Å². The Hall–Kier alpha value is -1.55. The summed E-state index contributed by atoms with van der Waals surface area (Å²) in [7, 11) is 0. The van der Waals surface area contributed by atoms with Gasteiger partial charge >= 0.3 is 0 Å². The van der Waals surface area contributed by atoms with Gasteiger partial charge in [0.25, 0.3) is 0 Å². The van der Waals surface area contributed by atoms with Gasteiger partial charge in [-0.25, -0.2) is 9.07 Å². The summed E-state index contributed by atoms with van der Waals surface area (Å²) in [6.07, 6.45) is 1.72. The van der Waals surface area contributed by atoms with Crippen molar-refractivity contribution in [1.29, 1.82) is 0 Å². The quantitative estimate of drug-likeness (QED) is 0.892. The van der Waals surface area contributed by atoms with Crippen LogP contribution in [0.5, 0.6) is 0 Å². The van der Waals surface area contributed by atoms with Crippen LogP contribution in [-0.4, -0.2) is 9.78 Å². The molecule has 0 amide bonds. The monoisotopic (exact) mass is 253 g/mol. The summed E-state index contributed by atoms with van der Waals surface area (Å²) in [5, 5.41) is 4.25. The van der Waals surface area contributed by atoms with E-state index in [1.165, 1.54) is 12.1 Å². The SMILES string of the molecule is CC(C)c1cnn(-c2ccc(F)c(Cl)c2)c1N. The van der Waals surface area contributed by atoms with E-state index < -0.39 is 5.82 Å². The lowest BCUT2D eigenvalue weighted by atomic mass is 10.1. The molecule has 90 valence electrons. The standard InChI is InChI=1S/C12H13ClFN3/c1-7(2)9-6-16-17(12(9)15)8-3-4-11(14)10(13)5-8/h3-7H,15H2,1-2H3. The average Bonchev–Trinajstić information content (AvgIpc) is 2.64. The molecule has 17 heavy (non-hydrogen) atoms. The van der Waals surface area contributed by atoms with E-state index >= 15 is 0 Å². The minimum absolute atomic E-state index is 0.0588. The number of aromatic nitrogens is 2. The molecule has 0 aliphatic heterocycles. The highest BCUT2D eigenvalue weighted by Gasteiger charge is 2.12. The molecule has 1 aromatic carbocycles. The maximum absolute atomic E-state index is 13.1. The van der Waals surface area contributed by atoms with Gasteiger partial charge < -0.3 is 5.73 Å². The highest BCUT2D eigenvalue weighted by molar-refractivity contribution is 6.30. The van der Waals surface area contributed by atoms with Crippen LogP contribution in [0.15, 0.2) is 24.4 Å². The number of benzene rings is 1. The molecule has 0 aliphatic rings. The van der Waals surface area contributed by atoms with E-state index in [0.717, 1.165) is 5.56 Å². The molecule has 2 aromatic rings. The number of hydrogen-bond donors (Lipinski definition) is 1. The first-order valence-corrected chi connectivity index (χ1v) is 5.67. The fourth-order valence-corrected chi connectivity index (χ4v) is 1.81. The van der Waals surface area contributed by atoms with Gasteiger partial charge in [0.1, 0.15) is 11.6 Å². The normalized spacial score (nSPS) is 11.1. The van der Waals surface area contributed by atoms with Crippen LogP contribution in [0.3, 0.4) is 0 Å². The van der Waals surface area contributed by atoms with Gasteiger partial charge in [0.15, 0.2) is 0 Å². The molecule has 0 saturated carbocycles. The Labute approximate surface area is 104 Å². The Morgan fingerprint density at radius 2 is 2.12 bits per heavy atom. The van der Waals surface area contributed by atoms with Crippen molar-refractivity contribution in [2.75, 3.05) is 5.73 Å². The van der Waals surface area contributed by atoms with Crippen molar-refractivity contribution in [2.24, 2.45) is 0 Å². The third-order valence-electron chi connectivity index (χ3n) is 2.61. The smallest absolute Gasteiger partial charge is 0.141 e. The van der Waals surface area contributed by atoms with Crippen LogP contribution in [-0.2, 0) is 0 Å². The van der Waals surface area contributed by atoms with Crippen molar-refractivity contribution in [1.82, 2.24) is 9.78 Å². The van der Waals surface area contributed by atoms with E-state index in [1.807, 2.05) is 13.8 Å². The first-order chi connectivity index (χ1) is 8.00. The molecule has 2 rings (SSSR count). The highest BCUT2D eigenvalue weighted by Crippen LogP contribution is 2.25. The Morgan fingerprint density at radius 3 is 2.65 bits per heavy atom. The van der Waals surface area contributed by atoms with E-state index in [9.17, 15) is 4.39 Å². The predicted molar refractivity (Wildman–Crippen MR) is 67.0 cm³/mol. The summed E-state index contributed by atoms with van der Waals surface area (Å²) in [5.74, 6) is 0.396. The van der Waals surface area contributed by atoms with Gasteiger partial charge in [-0.3, -0.25) is 0 Å². The first kappa shape index (κ1) is 11.9. The summed E-state index contributed by atoms with van der Waals surface area (Å²) in [6.45, 7) is 4.07. The van der Waals surface area contributed by atoms with Crippen molar-refractivity contribution in [3.05, 3.63) is 40.8 Å². The Balaban J connectivity index is 2.50. The highest BCUT2D eigenvalue weighted by atomic mass is 35.5. The summed E-state index contributed by atoms with van der Waals surface area (Å²) in [5.41, 5.74) is 7.60. The van der Waals surface area contributed by atoms with Gasteiger partial charge in [0.2, 0.25) is 0 Å². The Bertz CT molecular complexity index is 549. The molecule has 0 aliphatic carbocycles. The second-order valence-electron chi connectivity index (χ2n) is 4.15. The van der Waals surface area contributed by atoms with Crippen LogP contribution in [0.4, 0.5) is 10.2 Å². The van der Waals surface area contributed by atoms with Crippen LogP contribution in [0, 0.1) is 5.82 Å². The van der Waals surface area contributed by atoms with Crippen LogP contribution in [0.25, 0.3) is 5.69 Å². The van der Waals surface area contributed by atoms with E-state index in [2.05, 4.69) is 5.10 Å². The van der Waals surface area contributed by atoms with Crippen molar-refractivity contribution in [2.45, 2.75) is 19.8 Å². The molecule has 0 bridgehead atoms. The van der Waals surface area contributed by atoms with Crippen LogP contribution < -0.4 is 5.73 Å². The van der Waals surface area contributed by atoms with E-state index in [4.69, 9.17) is 17.3 Å². The van der Waals surface area contributed by atoms with E-state index in [0.29, 0.717) is 17.4 Å². The number of hydrogen-bond acceptors (Lipinski definition) is 2. The lowest BCUT2D eigenvalue weighted by molar-refractivity contribution is 0.627. The summed E-state index contributed by atoms with van der Waals surface area (Å²) in [4.78, 5) is 0. The Kier molecular flexibility index (Phi) is 3.07. The van der Waals surface area contributed by atoms with Gasteiger partial charge in [-0.1, -0.05) is 25.4 Å². The second-order valence-corrected chi connectivity index (χ2v) is 4.56. The molecule has 0 spiro atoms. The largest absolute Gasteiger partial charge is 0.383 e. The second kappa shape index (κ2) is 4.37. The molecule has 2 N–H and O–H groups in total. The number of nitrogens with zero attached hydrogens (tertiary/aromatic N) is 2. The zero-order valence-electron chi connectivity index (χ0n) is 9.61. The maximum Gasteiger partial charge on any atom is 0.141 e. The first-order valence-electron chi connectivity index (χ1n) is 5.29. The van der Waals surface area contributed by atoms with Crippen molar-refractivity contribution >= 4 is 17.4 Å². The van der Waals surface area contributed by atoms with Gasteiger partial charge in [0.05, 0.1) is 16.9 Å². The van der Waals surface area contributed by atoms with Crippen molar-refractivity contribution in [3.8, 4) is 5.69 Å². The molecule has 0 saturated heterocycles. The van der Waals surface area contributed by atoms with Gasteiger partial charge in [-0.2, -0.15) is 5.10 Å². The fraction of sp³-hybridized carbons (Fsp3) is 0.250. The molecule has 0 atom stereocenters. The predicted octanol–water partition coefficient (Wildman–Crippen LogP) is 3.37. The molecule has 1 heterocycles. The molecule has 1 aromatic heterocycles. The average molecular weight is 254 g/mol. The Morgan fingerprint density at radius 1 is 1.41 bits per heavy atom. The molecule has 3 nitrogen and oxygen atoms in total. The molecule has 5 heteroatoms. The summed E-state index contributed by atoms with van der Waals surface area (Å²) < 4.78 is 14.6.